The molecule has 92 valence electrons. The molecule has 1 saturated carbocycles. The largest absolute Gasteiger partial charge is 0.481 e. The highest BCUT2D eigenvalue weighted by atomic mass is 16.4. The van der Waals surface area contributed by atoms with E-state index >= 15 is 0 Å². The smallest absolute Gasteiger partial charge is 0.306 e. The molecule has 1 fully saturated rings. The number of carbonyl (C=O) groups is 1. The Balaban J connectivity index is 1.93. The predicted octanol–water partition coefficient (Wildman–Crippen LogP) is 3.68. The average Bonchev–Trinajstić information content (AvgIpc) is 2.39. The fraction of sp³-hybridized carbons (Fsp3) is 0.533. The summed E-state index contributed by atoms with van der Waals surface area (Å²) in [6, 6.07) is 10.6. The molecular formula is C15H20O2. The first-order valence-electron chi connectivity index (χ1n) is 6.46. The maximum atomic E-state index is 11.0. The summed E-state index contributed by atoms with van der Waals surface area (Å²) in [5, 5.41) is 9.02. The Kier molecular flexibility index (Phi) is 3.82. The molecule has 0 spiro atoms. The zero-order chi connectivity index (χ0) is 12.3. The van der Waals surface area contributed by atoms with Gasteiger partial charge in [-0.2, -0.15) is 0 Å². The molecule has 0 bridgehead atoms. The van der Waals surface area contributed by atoms with Gasteiger partial charge >= 0.3 is 5.97 Å². The van der Waals surface area contributed by atoms with E-state index < -0.39 is 5.97 Å². The van der Waals surface area contributed by atoms with Crippen LogP contribution in [0.15, 0.2) is 30.3 Å². The van der Waals surface area contributed by atoms with E-state index in [1.165, 1.54) is 5.56 Å². The van der Waals surface area contributed by atoms with Crippen LogP contribution in [0.3, 0.4) is 0 Å². The average molecular weight is 232 g/mol. The van der Waals surface area contributed by atoms with E-state index in [0.29, 0.717) is 11.8 Å². The van der Waals surface area contributed by atoms with Gasteiger partial charge in [-0.25, -0.2) is 0 Å². The first-order chi connectivity index (χ1) is 8.18. The molecule has 1 aromatic carbocycles. The number of carboxylic acid groups (broad SMARTS) is 1. The molecule has 0 aromatic heterocycles. The molecule has 17 heavy (non-hydrogen) atoms. The number of benzene rings is 1. The first-order valence-corrected chi connectivity index (χ1v) is 6.46. The van der Waals surface area contributed by atoms with Gasteiger partial charge in [-0.15, -0.1) is 0 Å². The SMILES string of the molecule is CC(C(=O)O)C1CCC(c2ccccc2)CC1. The van der Waals surface area contributed by atoms with Gasteiger partial charge in [0.05, 0.1) is 5.92 Å². The highest BCUT2D eigenvalue weighted by Crippen LogP contribution is 2.38. The fourth-order valence-electron chi connectivity index (χ4n) is 2.88. The highest BCUT2D eigenvalue weighted by molar-refractivity contribution is 5.69. The summed E-state index contributed by atoms with van der Waals surface area (Å²) in [7, 11) is 0. The first kappa shape index (κ1) is 12.2. The molecule has 1 atom stereocenters. The molecule has 1 aromatic rings. The van der Waals surface area contributed by atoms with Crippen LogP contribution in [0.5, 0.6) is 0 Å². The quantitative estimate of drug-likeness (QED) is 0.863. The maximum absolute atomic E-state index is 11.0. The molecule has 1 aliphatic carbocycles. The third kappa shape index (κ3) is 2.87. The topological polar surface area (TPSA) is 37.3 Å². The molecule has 2 nitrogen and oxygen atoms in total. The molecule has 0 heterocycles. The molecule has 1 aliphatic rings. The number of hydrogen-bond donors (Lipinski definition) is 1. The van der Waals surface area contributed by atoms with Crippen LogP contribution in [0.1, 0.15) is 44.1 Å². The minimum Gasteiger partial charge on any atom is -0.481 e. The highest BCUT2D eigenvalue weighted by Gasteiger charge is 2.29. The second-order valence-corrected chi connectivity index (χ2v) is 5.15. The second kappa shape index (κ2) is 5.35. The van der Waals surface area contributed by atoms with Gasteiger partial charge in [0.15, 0.2) is 0 Å². The number of rotatable bonds is 3. The standard InChI is InChI=1S/C15H20O2/c1-11(15(16)17)12-7-9-14(10-8-12)13-5-3-2-4-6-13/h2-6,11-12,14H,7-10H2,1H3,(H,16,17). The molecule has 0 radical (unpaired) electrons. The summed E-state index contributed by atoms with van der Waals surface area (Å²) in [5.41, 5.74) is 1.41. The summed E-state index contributed by atoms with van der Waals surface area (Å²) in [6.45, 7) is 1.84. The minimum atomic E-state index is -0.645. The van der Waals surface area contributed by atoms with E-state index in [9.17, 15) is 4.79 Å². The monoisotopic (exact) mass is 232 g/mol. The Morgan fingerprint density at radius 1 is 1.18 bits per heavy atom. The van der Waals surface area contributed by atoms with Gasteiger partial charge in [-0.05, 0) is 43.1 Å². The van der Waals surface area contributed by atoms with Crippen molar-refractivity contribution in [2.75, 3.05) is 0 Å². The van der Waals surface area contributed by atoms with Gasteiger partial charge in [-0.3, -0.25) is 4.79 Å². The van der Waals surface area contributed by atoms with Crippen LogP contribution in [0.2, 0.25) is 0 Å². The van der Waals surface area contributed by atoms with Crippen LogP contribution in [0.4, 0.5) is 0 Å². The van der Waals surface area contributed by atoms with Crippen molar-refractivity contribution in [1.29, 1.82) is 0 Å². The maximum Gasteiger partial charge on any atom is 0.306 e. The summed E-state index contributed by atoms with van der Waals surface area (Å²) >= 11 is 0. The number of aliphatic carboxylic acids is 1. The molecule has 1 unspecified atom stereocenters. The minimum absolute atomic E-state index is 0.188. The third-order valence-electron chi connectivity index (χ3n) is 4.14. The van der Waals surface area contributed by atoms with Gasteiger partial charge in [-0.1, -0.05) is 37.3 Å². The number of hydrogen-bond acceptors (Lipinski definition) is 1. The molecule has 0 aliphatic heterocycles. The second-order valence-electron chi connectivity index (χ2n) is 5.15. The molecule has 0 saturated heterocycles. The summed E-state index contributed by atoms with van der Waals surface area (Å²) in [6.07, 6.45) is 4.36. The van der Waals surface area contributed by atoms with Crippen molar-refractivity contribution >= 4 is 5.97 Å². The van der Waals surface area contributed by atoms with Crippen LogP contribution in [0, 0.1) is 11.8 Å². The summed E-state index contributed by atoms with van der Waals surface area (Å²) < 4.78 is 0. The number of carboxylic acids is 1. The van der Waals surface area contributed by atoms with Gasteiger partial charge in [0.25, 0.3) is 0 Å². The lowest BCUT2D eigenvalue weighted by molar-refractivity contribution is -0.143. The van der Waals surface area contributed by atoms with E-state index in [1.807, 2.05) is 13.0 Å². The third-order valence-corrected chi connectivity index (χ3v) is 4.14. The molecule has 1 N–H and O–H groups in total. The van der Waals surface area contributed by atoms with Crippen molar-refractivity contribution in [3.05, 3.63) is 35.9 Å². The Bertz CT molecular complexity index is 364. The Morgan fingerprint density at radius 2 is 1.76 bits per heavy atom. The molecule has 2 rings (SSSR count). The fourth-order valence-corrected chi connectivity index (χ4v) is 2.88. The van der Waals surface area contributed by atoms with E-state index in [4.69, 9.17) is 5.11 Å². The lowest BCUT2D eigenvalue weighted by Crippen LogP contribution is -2.24. The van der Waals surface area contributed by atoms with Crippen molar-refractivity contribution in [3.8, 4) is 0 Å². The summed E-state index contributed by atoms with van der Waals surface area (Å²) in [4.78, 5) is 11.0. The van der Waals surface area contributed by atoms with E-state index in [2.05, 4.69) is 24.3 Å². The van der Waals surface area contributed by atoms with Gasteiger partial charge in [0, 0.05) is 0 Å². The van der Waals surface area contributed by atoms with Crippen molar-refractivity contribution in [3.63, 3.8) is 0 Å². The Hall–Kier alpha value is -1.31. The lowest BCUT2D eigenvalue weighted by atomic mass is 9.74. The Morgan fingerprint density at radius 3 is 2.29 bits per heavy atom. The zero-order valence-electron chi connectivity index (χ0n) is 10.3. The van der Waals surface area contributed by atoms with Gasteiger partial charge in [0.1, 0.15) is 0 Å². The lowest BCUT2D eigenvalue weighted by Gasteiger charge is -2.30. The van der Waals surface area contributed by atoms with Gasteiger partial charge < -0.3 is 5.11 Å². The zero-order valence-corrected chi connectivity index (χ0v) is 10.3. The van der Waals surface area contributed by atoms with Crippen LogP contribution in [-0.4, -0.2) is 11.1 Å². The van der Waals surface area contributed by atoms with Crippen LogP contribution < -0.4 is 0 Å². The molecule has 0 amide bonds. The van der Waals surface area contributed by atoms with E-state index in [0.717, 1.165) is 25.7 Å². The van der Waals surface area contributed by atoms with Crippen LogP contribution >= 0.6 is 0 Å². The molecule has 2 heteroatoms. The normalized spacial score (nSPS) is 26.4. The van der Waals surface area contributed by atoms with E-state index in [-0.39, 0.29) is 5.92 Å². The van der Waals surface area contributed by atoms with Crippen LogP contribution in [-0.2, 0) is 4.79 Å². The predicted molar refractivity (Wildman–Crippen MR) is 67.9 cm³/mol. The van der Waals surface area contributed by atoms with Crippen LogP contribution in [0.25, 0.3) is 0 Å². The van der Waals surface area contributed by atoms with Gasteiger partial charge in [0.2, 0.25) is 0 Å². The van der Waals surface area contributed by atoms with E-state index in [1.54, 1.807) is 0 Å². The van der Waals surface area contributed by atoms with Crippen molar-refractivity contribution in [2.45, 2.75) is 38.5 Å². The van der Waals surface area contributed by atoms with Crippen molar-refractivity contribution in [1.82, 2.24) is 0 Å². The summed E-state index contributed by atoms with van der Waals surface area (Å²) in [5.74, 6) is 0.167. The van der Waals surface area contributed by atoms with Crippen molar-refractivity contribution < 1.29 is 9.90 Å². The van der Waals surface area contributed by atoms with Crippen molar-refractivity contribution in [2.24, 2.45) is 11.8 Å². The molecular weight excluding hydrogens is 212 g/mol. The Labute approximate surface area is 103 Å².